The molecular weight excluding hydrogens is 258 g/mol. The number of aliphatic carboxylic acids is 1. The molecule has 18 heavy (non-hydrogen) atoms. The number of carboxylic acids is 1. The van der Waals surface area contributed by atoms with Gasteiger partial charge in [0.15, 0.2) is 0 Å². The molecule has 1 aromatic rings. The van der Waals surface area contributed by atoms with Crippen molar-refractivity contribution in [1.82, 2.24) is 4.72 Å². The number of carbonyl (C=O) groups is 1. The Morgan fingerprint density at radius 2 is 1.89 bits per heavy atom. The molecule has 0 fully saturated rings. The summed E-state index contributed by atoms with van der Waals surface area (Å²) in [5, 5.41) is 17.6. The van der Waals surface area contributed by atoms with Crippen molar-refractivity contribution >= 4 is 16.0 Å². The van der Waals surface area contributed by atoms with Crippen molar-refractivity contribution < 1.29 is 23.4 Å². The smallest absolute Gasteiger partial charge is 0.304 e. The highest BCUT2D eigenvalue weighted by molar-refractivity contribution is 7.89. The number of rotatable bonds is 7. The van der Waals surface area contributed by atoms with Crippen LogP contribution in [-0.2, 0) is 14.8 Å². The quantitative estimate of drug-likeness (QED) is 0.654. The molecule has 100 valence electrons. The van der Waals surface area contributed by atoms with E-state index in [1.807, 2.05) is 0 Å². The monoisotopic (exact) mass is 273 g/mol. The van der Waals surface area contributed by atoms with E-state index >= 15 is 0 Å². The molecule has 0 aromatic heterocycles. The third kappa shape index (κ3) is 4.82. The first-order valence-corrected chi connectivity index (χ1v) is 6.97. The molecule has 3 N–H and O–H groups in total. The minimum Gasteiger partial charge on any atom is -0.481 e. The Morgan fingerprint density at radius 1 is 1.28 bits per heavy atom. The minimum atomic E-state index is -3.73. The Balaban J connectivity index is 2.72. The summed E-state index contributed by atoms with van der Waals surface area (Å²) in [6, 6.07) is 7.83. The first-order valence-electron chi connectivity index (χ1n) is 5.32. The number of carboxylic acid groups (broad SMARTS) is 1. The lowest BCUT2D eigenvalue weighted by Gasteiger charge is -2.16. The SMILES string of the molecule is O=C(O)CCS(=O)(=O)NC(CO)c1ccccc1. The summed E-state index contributed by atoms with van der Waals surface area (Å²) in [5.41, 5.74) is 0.624. The van der Waals surface area contributed by atoms with Crippen LogP contribution in [0.5, 0.6) is 0 Å². The summed E-state index contributed by atoms with van der Waals surface area (Å²) in [7, 11) is -3.73. The van der Waals surface area contributed by atoms with E-state index in [4.69, 9.17) is 5.11 Å². The molecule has 6 nitrogen and oxygen atoms in total. The Kier molecular flexibility index (Phi) is 5.26. The Morgan fingerprint density at radius 3 is 2.39 bits per heavy atom. The van der Waals surface area contributed by atoms with E-state index in [0.29, 0.717) is 5.56 Å². The third-order valence-electron chi connectivity index (χ3n) is 2.29. The maximum atomic E-state index is 11.6. The third-order valence-corrected chi connectivity index (χ3v) is 3.68. The van der Waals surface area contributed by atoms with Crippen LogP contribution in [0, 0.1) is 0 Å². The van der Waals surface area contributed by atoms with Crippen molar-refractivity contribution in [3.05, 3.63) is 35.9 Å². The standard InChI is InChI=1S/C11H15NO5S/c13-8-10(9-4-2-1-3-5-9)12-18(16,17)7-6-11(14)15/h1-5,10,12-13H,6-8H2,(H,14,15). The second-order valence-electron chi connectivity index (χ2n) is 3.73. The molecule has 1 aromatic carbocycles. The first kappa shape index (κ1) is 14.6. The molecule has 1 unspecified atom stereocenters. The Hall–Kier alpha value is -1.44. The van der Waals surface area contributed by atoms with Crippen LogP contribution in [-0.4, -0.2) is 37.0 Å². The van der Waals surface area contributed by atoms with Gasteiger partial charge >= 0.3 is 5.97 Å². The fourth-order valence-corrected chi connectivity index (χ4v) is 2.60. The zero-order valence-corrected chi connectivity index (χ0v) is 10.4. The lowest BCUT2D eigenvalue weighted by molar-refractivity contribution is -0.136. The molecule has 0 saturated heterocycles. The van der Waals surface area contributed by atoms with Crippen LogP contribution in [0.15, 0.2) is 30.3 Å². The average Bonchev–Trinajstić information content (AvgIpc) is 2.35. The summed E-state index contributed by atoms with van der Waals surface area (Å²) in [5.74, 6) is -1.69. The largest absolute Gasteiger partial charge is 0.481 e. The van der Waals surface area contributed by atoms with Crippen LogP contribution in [0.4, 0.5) is 0 Å². The van der Waals surface area contributed by atoms with Gasteiger partial charge in [0, 0.05) is 0 Å². The van der Waals surface area contributed by atoms with E-state index in [0.717, 1.165) is 0 Å². The molecule has 0 radical (unpaired) electrons. The van der Waals surface area contributed by atoms with Crippen LogP contribution in [0.25, 0.3) is 0 Å². The van der Waals surface area contributed by atoms with Gasteiger partial charge in [-0.25, -0.2) is 13.1 Å². The van der Waals surface area contributed by atoms with Gasteiger partial charge in [0.1, 0.15) is 0 Å². The first-order chi connectivity index (χ1) is 8.44. The van der Waals surface area contributed by atoms with Crippen molar-refractivity contribution in [2.24, 2.45) is 0 Å². The van der Waals surface area contributed by atoms with Crippen LogP contribution in [0.1, 0.15) is 18.0 Å². The molecule has 0 aliphatic heterocycles. The number of hydrogen-bond donors (Lipinski definition) is 3. The number of hydrogen-bond acceptors (Lipinski definition) is 4. The Bertz CT molecular complexity index is 485. The second kappa shape index (κ2) is 6.48. The number of nitrogens with one attached hydrogen (secondary N) is 1. The van der Waals surface area contributed by atoms with E-state index < -0.39 is 40.8 Å². The zero-order chi connectivity index (χ0) is 13.6. The number of benzene rings is 1. The molecule has 1 atom stereocenters. The number of aliphatic hydroxyl groups is 1. The average molecular weight is 273 g/mol. The molecule has 0 bridgehead atoms. The maximum Gasteiger partial charge on any atom is 0.304 e. The molecule has 0 spiro atoms. The van der Waals surface area contributed by atoms with Gasteiger partial charge in [-0.05, 0) is 5.56 Å². The maximum absolute atomic E-state index is 11.6. The van der Waals surface area contributed by atoms with Crippen molar-refractivity contribution in [1.29, 1.82) is 0 Å². The van der Waals surface area contributed by atoms with E-state index in [1.165, 1.54) is 0 Å². The summed E-state index contributed by atoms with van der Waals surface area (Å²) < 4.78 is 25.5. The highest BCUT2D eigenvalue weighted by Crippen LogP contribution is 2.13. The highest BCUT2D eigenvalue weighted by Gasteiger charge is 2.19. The predicted molar refractivity (Wildman–Crippen MR) is 65.4 cm³/mol. The molecule has 1 rings (SSSR count). The fraction of sp³-hybridized carbons (Fsp3) is 0.364. The van der Waals surface area contributed by atoms with Crippen molar-refractivity contribution in [2.45, 2.75) is 12.5 Å². The van der Waals surface area contributed by atoms with Gasteiger partial charge in [-0.1, -0.05) is 30.3 Å². The predicted octanol–water partition coefficient (Wildman–Crippen LogP) is 0.114. The number of sulfonamides is 1. The minimum absolute atomic E-state index is 0.393. The van der Waals surface area contributed by atoms with Crippen LogP contribution in [0.2, 0.25) is 0 Å². The topological polar surface area (TPSA) is 104 Å². The van der Waals surface area contributed by atoms with Crippen molar-refractivity contribution in [2.75, 3.05) is 12.4 Å². The number of aliphatic hydroxyl groups excluding tert-OH is 1. The summed E-state index contributed by atoms with van der Waals surface area (Å²) >= 11 is 0. The van der Waals surface area contributed by atoms with E-state index in [1.54, 1.807) is 30.3 Å². The molecule has 0 saturated carbocycles. The highest BCUT2D eigenvalue weighted by atomic mass is 32.2. The van der Waals surface area contributed by atoms with Gasteiger partial charge in [-0.2, -0.15) is 0 Å². The molecule has 0 aliphatic carbocycles. The van der Waals surface area contributed by atoms with E-state index in [-0.39, 0.29) is 0 Å². The van der Waals surface area contributed by atoms with Gasteiger partial charge in [0.2, 0.25) is 10.0 Å². The molecular formula is C11H15NO5S. The van der Waals surface area contributed by atoms with Crippen LogP contribution in [0.3, 0.4) is 0 Å². The lowest BCUT2D eigenvalue weighted by atomic mass is 10.1. The van der Waals surface area contributed by atoms with Crippen LogP contribution >= 0.6 is 0 Å². The van der Waals surface area contributed by atoms with Crippen molar-refractivity contribution in [3.63, 3.8) is 0 Å². The van der Waals surface area contributed by atoms with Crippen molar-refractivity contribution in [3.8, 4) is 0 Å². The molecule has 0 heterocycles. The summed E-state index contributed by atoms with van der Waals surface area (Å²) in [6.07, 6.45) is -0.470. The van der Waals surface area contributed by atoms with Gasteiger partial charge in [-0.3, -0.25) is 4.79 Å². The van der Waals surface area contributed by atoms with Gasteiger partial charge in [-0.15, -0.1) is 0 Å². The lowest BCUT2D eigenvalue weighted by Crippen LogP contribution is -2.33. The van der Waals surface area contributed by atoms with Gasteiger partial charge in [0.05, 0.1) is 24.8 Å². The zero-order valence-electron chi connectivity index (χ0n) is 9.61. The normalized spacial score (nSPS) is 13.2. The van der Waals surface area contributed by atoms with Gasteiger partial charge < -0.3 is 10.2 Å². The second-order valence-corrected chi connectivity index (χ2v) is 5.60. The molecule has 7 heteroatoms. The summed E-state index contributed by atoms with van der Waals surface area (Å²) in [4.78, 5) is 10.3. The van der Waals surface area contributed by atoms with Gasteiger partial charge in [0.25, 0.3) is 0 Å². The fourth-order valence-electron chi connectivity index (χ4n) is 1.39. The summed E-state index contributed by atoms with van der Waals surface area (Å²) in [6.45, 7) is -0.393. The Labute approximate surface area is 105 Å². The van der Waals surface area contributed by atoms with Crippen LogP contribution < -0.4 is 4.72 Å². The molecule has 0 aliphatic rings. The molecule has 0 amide bonds. The van der Waals surface area contributed by atoms with E-state index in [9.17, 15) is 18.3 Å². The van der Waals surface area contributed by atoms with E-state index in [2.05, 4.69) is 4.72 Å².